The topological polar surface area (TPSA) is 70.2 Å². The lowest BCUT2D eigenvalue weighted by atomic mass is 9.92. The Morgan fingerprint density at radius 2 is 2.29 bits per heavy atom. The fourth-order valence-corrected chi connectivity index (χ4v) is 2.56. The van der Waals surface area contributed by atoms with Crippen LogP contribution in [0.25, 0.3) is 0 Å². The maximum Gasteiger partial charge on any atom is 0.242 e. The van der Waals surface area contributed by atoms with E-state index in [1.807, 2.05) is 6.92 Å². The van der Waals surface area contributed by atoms with Gasteiger partial charge < -0.3 is 16.0 Å². The number of piperidine rings is 1. The molecule has 0 radical (unpaired) electrons. The Balaban J connectivity index is 1.79. The van der Waals surface area contributed by atoms with Crippen LogP contribution in [0, 0.1) is 5.92 Å². The summed E-state index contributed by atoms with van der Waals surface area (Å²) < 4.78 is 0. The van der Waals surface area contributed by atoms with Crippen molar-refractivity contribution in [2.45, 2.75) is 44.7 Å². The van der Waals surface area contributed by atoms with Gasteiger partial charge in [0, 0.05) is 12.5 Å². The normalized spacial score (nSPS) is 30.8. The Morgan fingerprint density at radius 3 is 2.88 bits per heavy atom. The third kappa shape index (κ3) is 3.19. The molecule has 0 aromatic rings. The summed E-state index contributed by atoms with van der Waals surface area (Å²) in [6.07, 6.45) is 3.42. The zero-order valence-electron chi connectivity index (χ0n) is 10.3. The van der Waals surface area contributed by atoms with Crippen molar-refractivity contribution in [2.24, 2.45) is 5.92 Å². The Labute approximate surface area is 102 Å². The van der Waals surface area contributed by atoms with Crippen molar-refractivity contribution in [3.8, 4) is 0 Å². The number of rotatable bonds is 3. The molecular weight excluding hydrogens is 218 g/mol. The number of carbonyl (C=O) groups is 2. The van der Waals surface area contributed by atoms with E-state index in [-0.39, 0.29) is 23.9 Å². The van der Waals surface area contributed by atoms with E-state index in [4.69, 9.17) is 0 Å². The second kappa shape index (κ2) is 5.49. The average Bonchev–Trinajstić information content (AvgIpc) is 2.77. The lowest BCUT2D eigenvalue weighted by Crippen LogP contribution is -2.49. The Kier molecular flexibility index (Phi) is 3.99. The lowest BCUT2D eigenvalue weighted by molar-refractivity contribution is -0.126. The molecule has 2 rings (SSSR count). The zero-order chi connectivity index (χ0) is 12.3. The third-order valence-electron chi connectivity index (χ3n) is 3.72. The van der Waals surface area contributed by atoms with Crippen LogP contribution in [0.1, 0.15) is 32.6 Å². The zero-order valence-corrected chi connectivity index (χ0v) is 10.3. The third-order valence-corrected chi connectivity index (χ3v) is 3.72. The van der Waals surface area contributed by atoms with Crippen molar-refractivity contribution in [3.63, 3.8) is 0 Å². The van der Waals surface area contributed by atoms with E-state index < -0.39 is 0 Å². The molecule has 0 aromatic carbocycles. The monoisotopic (exact) mass is 239 g/mol. The van der Waals surface area contributed by atoms with E-state index in [1.165, 1.54) is 6.42 Å². The molecular formula is C12H21N3O2. The van der Waals surface area contributed by atoms with E-state index in [0.717, 1.165) is 19.5 Å². The molecule has 2 heterocycles. The second-order valence-corrected chi connectivity index (χ2v) is 5.06. The van der Waals surface area contributed by atoms with Crippen LogP contribution in [0.15, 0.2) is 0 Å². The summed E-state index contributed by atoms with van der Waals surface area (Å²) in [5.74, 6) is 0.455. The Morgan fingerprint density at radius 1 is 1.47 bits per heavy atom. The summed E-state index contributed by atoms with van der Waals surface area (Å²) in [7, 11) is 0. The first-order valence-corrected chi connectivity index (χ1v) is 6.47. The molecule has 5 nitrogen and oxygen atoms in total. The SMILES string of the molecule is CC(NC(=O)[C@@H]1CCC(=O)N1)C1CCCNC1. The van der Waals surface area contributed by atoms with Crippen LogP contribution in [0.2, 0.25) is 0 Å². The number of hydrogen-bond acceptors (Lipinski definition) is 3. The smallest absolute Gasteiger partial charge is 0.242 e. The molecule has 17 heavy (non-hydrogen) atoms. The van der Waals surface area contributed by atoms with Gasteiger partial charge in [0.15, 0.2) is 0 Å². The molecule has 2 aliphatic heterocycles. The second-order valence-electron chi connectivity index (χ2n) is 5.06. The minimum atomic E-state index is -0.318. The predicted octanol–water partition coefficient (Wildman–Crippen LogP) is -0.231. The van der Waals surface area contributed by atoms with Crippen molar-refractivity contribution in [2.75, 3.05) is 13.1 Å². The molecule has 2 saturated heterocycles. The van der Waals surface area contributed by atoms with Crippen LogP contribution in [-0.2, 0) is 9.59 Å². The van der Waals surface area contributed by atoms with Gasteiger partial charge >= 0.3 is 0 Å². The van der Waals surface area contributed by atoms with Gasteiger partial charge in [-0.1, -0.05) is 0 Å². The molecule has 2 aliphatic rings. The molecule has 2 fully saturated rings. The summed E-state index contributed by atoms with van der Waals surface area (Å²) in [6, 6.07) is -0.144. The van der Waals surface area contributed by atoms with Gasteiger partial charge in [0.25, 0.3) is 0 Å². The summed E-state index contributed by atoms with van der Waals surface area (Å²) in [6.45, 7) is 4.10. The van der Waals surface area contributed by atoms with E-state index in [1.54, 1.807) is 0 Å². The van der Waals surface area contributed by atoms with Crippen LogP contribution in [0.3, 0.4) is 0 Å². The molecule has 0 aliphatic carbocycles. The van der Waals surface area contributed by atoms with Gasteiger partial charge in [-0.05, 0) is 45.2 Å². The molecule has 5 heteroatoms. The van der Waals surface area contributed by atoms with Crippen LogP contribution in [0.5, 0.6) is 0 Å². The summed E-state index contributed by atoms with van der Waals surface area (Å²) in [5.41, 5.74) is 0. The molecule has 0 bridgehead atoms. The minimum Gasteiger partial charge on any atom is -0.352 e. The number of hydrogen-bond donors (Lipinski definition) is 3. The maximum atomic E-state index is 11.9. The molecule has 3 atom stereocenters. The average molecular weight is 239 g/mol. The fourth-order valence-electron chi connectivity index (χ4n) is 2.56. The highest BCUT2D eigenvalue weighted by molar-refractivity contribution is 5.90. The molecule has 2 unspecified atom stereocenters. The quantitative estimate of drug-likeness (QED) is 0.637. The Hall–Kier alpha value is -1.10. The van der Waals surface area contributed by atoms with Gasteiger partial charge in [0.05, 0.1) is 0 Å². The van der Waals surface area contributed by atoms with E-state index in [2.05, 4.69) is 16.0 Å². The van der Waals surface area contributed by atoms with E-state index >= 15 is 0 Å². The van der Waals surface area contributed by atoms with Gasteiger partial charge in [-0.2, -0.15) is 0 Å². The standard InChI is InChI=1S/C12H21N3O2/c1-8(9-3-2-6-13-7-9)14-12(17)10-4-5-11(16)15-10/h8-10,13H,2-7H2,1H3,(H,14,17)(H,15,16)/t8?,9?,10-/m0/s1. The largest absolute Gasteiger partial charge is 0.352 e. The minimum absolute atomic E-state index is 0.0165. The van der Waals surface area contributed by atoms with Crippen molar-refractivity contribution in [3.05, 3.63) is 0 Å². The van der Waals surface area contributed by atoms with E-state index in [9.17, 15) is 9.59 Å². The van der Waals surface area contributed by atoms with Crippen LogP contribution in [0.4, 0.5) is 0 Å². The van der Waals surface area contributed by atoms with Crippen molar-refractivity contribution >= 4 is 11.8 Å². The summed E-state index contributed by atoms with van der Waals surface area (Å²) >= 11 is 0. The fraction of sp³-hybridized carbons (Fsp3) is 0.833. The van der Waals surface area contributed by atoms with Gasteiger partial charge in [-0.25, -0.2) is 0 Å². The highest BCUT2D eigenvalue weighted by atomic mass is 16.2. The molecule has 96 valence electrons. The van der Waals surface area contributed by atoms with Crippen molar-refractivity contribution < 1.29 is 9.59 Å². The Bertz CT molecular complexity index is 300. The molecule has 3 N–H and O–H groups in total. The molecule has 0 spiro atoms. The van der Waals surface area contributed by atoms with Crippen LogP contribution >= 0.6 is 0 Å². The summed E-state index contributed by atoms with van der Waals surface area (Å²) in [5, 5.41) is 9.06. The van der Waals surface area contributed by atoms with Crippen molar-refractivity contribution in [1.82, 2.24) is 16.0 Å². The lowest BCUT2D eigenvalue weighted by Gasteiger charge is -2.29. The first-order valence-electron chi connectivity index (χ1n) is 6.47. The summed E-state index contributed by atoms with van der Waals surface area (Å²) in [4.78, 5) is 22.9. The van der Waals surface area contributed by atoms with Gasteiger partial charge in [-0.15, -0.1) is 0 Å². The molecule has 2 amide bonds. The van der Waals surface area contributed by atoms with Crippen LogP contribution < -0.4 is 16.0 Å². The highest BCUT2D eigenvalue weighted by Crippen LogP contribution is 2.15. The molecule has 0 saturated carbocycles. The number of carbonyl (C=O) groups excluding carboxylic acids is 2. The van der Waals surface area contributed by atoms with E-state index in [0.29, 0.717) is 18.8 Å². The molecule has 0 aromatic heterocycles. The van der Waals surface area contributed by atoms with Gasteiger partial charge in [0.1, 0.15) is 6.04 Å². The predicted molar refractivity (Wildman–Crippen MR) is 64.4 cm³/mol. The first kappa shape index (κ1) is 12.4. The number of amides is 2. The number of nitrogens with one attached hydrogen (secondary N) is 3. The van der Waals surface area contributed by atoms with Gasteiger partial charge in [0.2, 0.25) is 11.8 Å². The van der Waals surface area contributed by atoms with Crippen molar-refractivity contribution in [1.29, 1.82) is 0 Å². The van der Waals surface area contributed by atoms with Gasteiger partial charge in [-0.3, -0.25) is 9.59 Å². The first-order chi connectivity index (χ1) is 8.16. The van der Waals surface area contributed by atoms with Crippen LogP contribution in [-0.4, -0.2) is 37.0 Å². The maximum absolute atomic E-state index is 11.9. The highest BCUT2D eigenvalue weighted by Gasteiger charge is 2.29.